The molecule has 2 heterocycles. The predicted molar refractivity (Wildman–Crippen MR) is 36.1 cm³/mol. The van der Waals surface area contributed by atoms with Crippen molar-refractivity contribution in [3.63, 3.8) is 0 Å². The summed E-state index contributed by atoms with van der Waals surface area (Å²) in [6, 6.07) is 3.22. The van der Waals surface area contributed by atoms with Gasteiger partial charge in [0.05, 0.1) is 0 Å². The summed E-state index contributed by atoms with van der Waals surface area (Å²) in [5, 5.41) is 10.3. The third-order valence-corrected chi connectivity index (χ3v) is 1.34. The van der Waals surface area contributed by atoms with Crippen LogP contribution in [0.1, 0.15) is 10.7 Å². The Balaban J connectivity index is 0.000000845. The van der Waals surface area contributed by atoms with Crippen LogP contribution in [0, 0.1) is 0 Å². The molecule has 0 fully saturated rings. The van der Waals surface area contributed by atoms with E-state index in [1.54, 1.807) is 12.1 Å². The summed E-state index contributed by atoms with van der Waals surface area (Å²) in [4.78, 5) is 17.6. The largest absolute Gasteiger partial charge is 1.00 e. The summed E-state index contributed by atoms with van der Waals surface area (Å²) in [5.41, 5.74) is 0.619. The number of carbonyl (C=O) groups is 1. The number of carboxylic acids is 1. The Kier molecular flexibility index (Phi) is 2.71. The van der Waals surface area contributed by atoms with Gasteiger partial charge in [-0.15, -0.1) is 0 Å². The van der Waals surface area contributed by atoms with E-state index in [1.807, 2.05) is 0 Å². The van der Waals surface area contributed by atoms with Crippen molar-refractivity contribution in [2.75, 3.05) is 0 Å². The maximum absolute atomic E-state index is 10.3. The minimum absolute atomic E-state index is 0. The number of nitrogens with zero attached hydrogens (tertiary/aromatic N) is 2. The molecule has 0 aromatic carbocycles. The van der Waals surface area contributed by atoms with E-state index in [-0.39, 0.29) is 24.5 Å². The van der Waals surface area contributed by atoms with Crippen molar-refractivity contribution in [2.24, 2.45) is 0 Å². The monoisotopic (exact) mass is 170 g/mol. The fourth-order valence-corrected chi connectivity index (χ4v) is 0.856. The molecule has 0 N–H and O–H groups in total. The van der Waals surface area contributed by atoms with Crippen LogP contribution in [0.4, 0.5) is 0 Å². The summed E-state index contributed by atoms with van der Waals surface area (Å²) in [6.45, 7) is 0. The Morgan fingerprint density at radius 3 is 2.92 bits per heavy atom. The standard InChI is InChI=1S/C7H4N2O3.Li/c10-7(11)6-9-5-4(12-6)2-1-3-8-5;/h1-3H,(H,10,11);/q;+1/p-1. The quantitative estimate of drug-likeness (QED) is 0.416. The average Bonchev–Trinajstić information content (AvgIpc) is 2.46. The molecule has 2 aromatic rings. The average molecular weight is 170 g/mol. The van der Waals surface area contributed by atoms with E-state index in [0.717, 1.165) is 0 Å². The third-order valence-electron chi connectivity index (χ3n) is 1.34. The van der Waals surface area contributed by atoms with Gasteiger partial charge >= 0.3 is 18.9 Å². The van der Waals surface area contributed by atoms with Gasteiger partial charge in [0.25, 0.3) is 0 Å². The smallest absolute Gasteiger partial charge is 0.540 e. The number of rotatable bonds is 1. The van der Waals surface area contributed by atoms with Gasteiger partial charge in [0.2, 0.25) is 5.89 Å². The van der Waals surface area contributed by atoms with E-state index in [1.165, 1.54) is 6.20 Å². The molecule has 0 amide bonds. The van der Waals surface area contributed by atoms with Gasteiger partial charge in [0.1, 0.15) is 5.97 Å². The van der Waals surface area contributed by atoms with E-state index >= 15 is 0 Å². The molecule has 2 aromatic heterocycles. The second-order valence-electron chi connectivity index (χ2n) is 2.13. The number of hydrogen-bond acceptors (Lipinski definition) is 5. The molecule has 0 spiro atoms. The number of carboxylic acid groups (broad SMARTS) is 1. The van der Waals surface area contributed by atoms with Crippen LogP contribution in [0.2, 0.25) is 0 Å². The van der Waals surface area contributed by atoms with Crippen molar-refractivity contribution in [3.8, 4) is 0 Å². The molecule has 0 atom stereocenters. The van der Waals surface area contributed by atoms with Crippen LogP contribution in [-0.4, -0.2) is 15.9 Å². The third kappa shape index (κ3) is 1.71. The van der Waals surface area contributed by atoms with Gasteiger partial charge in [-0.1, -0.05) is 0 Å². The zero-order valence-electron chi connectivity index (χ0n) is 6.85. The topological polar surface area (TPSA) is 79.0 Å². The predicted octanol–water partition coefficient (Wildman–Crippen LogP) is -3.41. The Morgan fingerprint density at radius 2 is 2.31 bits per heavy atom. The first-order valence-electron chi connectivity index (χ1n) is 3.20. The van der Waals surface area contributed by atoms with Gasteiger partial charge in [-0.2, -0.15) is 4.98 Å². The van der Waals surface area contributed by atoms with Crippen LogP contribution >= 0.6 is 0 Å². The second kappa shape index (κ2) is 3.60. The number of aromatic carboxylic acids is 1. The van der Waals surface area contributed by atoms with Crippen molar-refractivity contribution in [1.82, 2.24) is 9.97 Å². The molecule has 5 nitrogen and oxygen atoms in total. The first-order valence-corrected chi connectivity index (χ1v) is 3.20. The SMILES string of the molecule is O=C([O-])c1nc2ncccc2o1.[Li+]. The summed E-state index contributed by atoms with van der Waals surface area (Å²) in [5.74, 6) is -1.88. The van der Waals surface area contributed by atoms with Crippen LogP contribution in [0.15, 0.2) is 22.7 Å². The van der Waals surface area contributed by atoms with E-state index in [0.29, 0.717) is 5.58 Å². The van der Waals surface area contributed by atoms with Crippen molar-refractivity contribution >= 4 is 17.2 Å². The Morgan fingerprint density at radius 1 is 1.54 bits per heavy atom. The minimum Gasteiger partial charge on any atom is -0.540 e. The van der Waals surface area contributed by atoms with E-state index in [9.17, 15) is 9.90 Å². The number of aromatic nitrogens is 2. The summed E-state index contributed by atoms with van der Waals surface area (Å²) in [7, 11) is 0. The first kappa shape index (κ1) is 9.77. The molecule has 13 heavy (non-hydrogen) atoms. The van der Waals surface area contributed by atoms with Crippen molar-refractivity contribution in [1.29, 1.82) is 0 Å². The van der Waals surface area contributed by atoms with Gasteiger partial charge in [-0.05, 0) is 12.1 Å². The molecule has 0 saturated carbocycles. The Bertz CT molecular complexity index is 407. The van der Waals surface area contributed by atoms with Crippen molar-refractivity contribution < 1.29 is 33.2 Å². The summed E-state index contributed by atoms with van der Waals surface area (Å²) in [6.07, 6.45) is 1.50. The summed E-state index contributed by atoms with van der Waals surface area (Å²) >= 11 is 0. The number of carbonyl (C=O) groups excluding carboxylic acids is 1. The molecule has 0 radical (unpaired) electrons. The van der Waals surface area contributed by atoms with Gasteiger partial charge in [0, 0.05) is 6.20 Å². The second-order valence-corrected chi connectivity index (χ2v) is 2.13. The van der Waals surface area contributed by atoms with Crippen LogP contribution in [0.5, 0.6) is 0 Å². The molecule has 0 saturated heterocycles. The fraction of sp³-hybridized carbons (Fsp3) is 0. The zero-order chi connectivity index (χ0) is 8.55. The molecule has 0 bridgehead atoms. The van der Waals surface area contributed by atoms with Crippen LogP contribution in [0.25, 0.3) is 11.2 Å². The first-order chi connectivity index (χ1) is 5.77. The van der Waals surface area contributed by atoms with Gasteiger partial charge in [0.15, 0.2) is 11.2 Å². The maximum atomic E-state index is 10.3. The molecule has 0 unspecified atom stereocenters. The van der Waals surface area contributed by atoms with Crippen LogP contribution < -0.4 is 24.0 Å². The van der Waals surface area contributed by atoms with Crippen LogP contribution in [-0.2, 0) is 0 Å². The Hall–Kier alpha value is -1.31. The molecule has 0 aliphatic rings. The fourth-order valence-electron chi connectivity index (χ4n) is 0.856. The van der Waals surface area contributed by atoms with E-state index in [2.05, 4.69) is 9.97 Å². The number of fused-ring (bicyclic) bond motifs is 1. The minimum atomic E-state index is -1.44. The van der Waals surface area contributed by atoms with Crippen LogP contribution in [0.3, 0.4) is 0 Å². The number of pyridine rings is 1. The normalized spacial score (nSPS) is 9.54. The van der Waals surface area contributed by atoms with E-state index < -0.39 is 11.9 Å². The molecular formula is C7H3LiN2O3. The Labute approximate surface area is 85.0 Å². The van der Waals surface area contributed by atoms with Gasteiger partial charge in [-0.3, -0.25) is 0 Å². The molecule has 0 aliphatic heterocycles. The molecule has 2 rings (SSSR count). The van der Waals surface area contributed by atoms with Gasteiger partial charge < -0.3 is 14.3 Å². The number of oxazole rings is 1. The van der Waals surface area contributed by atoms with E-state index in [4.69, 9.17) is 4.42 Å². The molecule has 0 aliphatic carbocycles. The van der Waals surface area contributed by atoms with Crippen molar-refractivity contribution in [3.05, 3.63) is 24.2 Å². The molecule has 6 heteroatoms. The molecular weight excluding hydrogens is 167 g/mol. The van der Waals surface area contributed by atoms with Crippen molar-refractivity contribution in [2.45, 2.75) is 0 Å². The molecule has 60 valence electrons. The maximum Gasteiger partial charge on any atom is 1.00 e. The summed E-state index contributed by atoms with van der Waals surface area (Å²) < 4.78 is 4.79. The van der Waals surface area contributed by atoms with Gasteiger partial charge in [-0.25, -0.2) is 4.98 Å². The number of hydrogen-bond donors (Lipinski definition) is 0. The zero-order valence-corrected chi connectivity index (χ0v) is 6.85.